The van der Waals surface area contributed by atoms with Crippen LogP contribution in [0.15, 0.2) is 91.0 Å². The van der Waals surface area contributed by atoms with Gasteiger partial charge in [-0.3, -0.25) is 14.5 Å². The van der Waals surface area contributed by atoms with Gasteiger partial charge in [0, 0.05) is 49.9 Å². The zero-order chi connectivity index (χ0) is 22.2. The average molecular weight is 428 g/mol. The lowest BCUT2D eigenvalue weighted by Crippen LogP contribution is -2.54. The molecule has 2 amide bonds. The summed E-state index contributed by atoms with van der Waals surface area (Å²) < 4.78 is 0. The van der Waals surface area contributed by atoms with Crippen LogP contribution in [0, 0.1) is 0 Å². The van der Waals surface area contributed by atoms with E-state index in [4.69, 9.17) is 0 Å². The molecule has 3 aromatic carbocycles. The zero-order valence-corrected chi connectivity index (χ0v) is 18.2. The summed E-state index contributed by atoms with van der Waals surface area (Å²) in [6.07, 6.45) is 1.19. The van der Waals surface area contributed by atoms with Gasteiger partial charge in [0.2, 0.25) is 11.8 Å². The van der Waals surface area contributed by atoms with Crippen LogP contribution < -0.4 is 10.2 Å². The van der Waals surface area contributed by atoms with Crippen LogP contribution in [0.4, 0.5) is 11.4 Å². The monoisotopic (exact) mass is 427 g/mol. The van der Waals surface area contributed by atoms with Gasteiger partial charge in [0.05, 0.1) is 0 Å². The first-order valence-electron chi connectivity index (χ1n) is 11.2. The van der Waals surface area contributed by atoms with Gasteiger partial charge in [0.15, 0.2) is 0 Å². The van der Waals surface area contributed by atoms with Crippen molar-refractivity contribution < 1.29 is 9.59 Å². The predicted molar refractivity (Wildman–Crippen MR) is 128 cm³/mol. The molecule has 3 aromatic rings. The molecule has 164 valence electrons. The van der Waals surface area contributed by atoms with E-state index in [0.29, 0.717) is 6.54 Å². The van der Waals surface area contributed by atoms with Gasteiger partial charge in [-0.15, -0.1) is 0 Å². The summed E-state index contributed by atoms with van der Waals surface area (Å²) in [7, 11) is 0. The highest BCUT2D eigenvalue weighted by molar-refractivity contribution is 6.01. The molecule has 1 N–H and O–H groups in total. The van der Waals surface area contributed by atoms with Crippen molar-refractivity contribution in [2.75, 3.05) is 24.5 Å². The summed E-state index contributed by atoms with van der Waals surface area (Å²) >= 11 is 0. The van der Waals surface area contributed by atoms with E-state index in [9.17, 15) is 9.59 Å². The molecular formula is C27H29N3O2. The van der Waals surface area contributed by atoms with Gasteiger partial charge < -0.3 is 10.2 Å². The minimum absolute atomic E-state index is 0.0434. The Hall–Kier alpha value is -3.44. The molecule has 1 unspecified atom stereocenters. The number of nitrogens with zero attached hydrogens (tertiary/aromatic N) is 2. The van der Waals surface area contributed by atoms with Crippen molar-refractivity contribution >= 4 is 23.2 Å². The summed E-state index contributed by atoms with van der Waals surface area (Å²) in [5, 5.41) is 3.40. The van der Waals surface area contributed by atoms with E-state index in [1.54, 1.807) is 4.90 Å². The summed E-state index contributed by atoms with van der Waals surface area (Å²) in [6.45, 7) is 2.23. The Labute approximate surface area is 189 Å². The van der Waals surface area contributed by atoms with Gasteiger partial charge in [-0.2, -0.15) is 0 Å². The molecule has 1 saturated heterocycles. The van der Waals surface area contributed by atoms with Crippen molar-refractivity contribution in [1.82, 2.24) is 10.2 Å². The number of para-hydroxylation sites is 2. The minimum Gasteiger partial charge on any atom is -0.337 e. The Balaban J connectivity index is 1.43. The molecule has 1 fully saturated rings. The molecule has 0 spiro atoms. The Morgan fingerprint density at radius 2 is 1.38 bits per heavy atom. The largest absolute Gasteiger partial charge is 0.337 e. The van der Waals surface area contributed by atoms with Crippen molar-refractivity contribution in [3.63, 3.8) is 0 Å². The Morgan fingerprint density at radius 3 is 1.97 bits per heavy atom. The molecule has 0 radical (unpaired) electrons. The fourth-order valence-corrected chi connectivity index (χ4v) is 4.22. The summed E-state index contributed by atoms with van der Waals surface area (Å²) in [4.78, 5) is 30.0. The maximum Gasteiger partial charge on any atom is 0.232 e. The predicted octanol–water partition coefficient (Wildman–Crippen LogP) is 4.17. The van der Waals surface area contributed by atoms with Gasteiger partial charge in [0.25, 0.3) is 0 Å². The van der Waals surface area contributed by atoms with Gasteiger partial charge in [0.1, 0.15) is 0 Å². The number of piperazine rings is 1. The highest BCUT2D eigenvalue weighted by Gasteiger charge is 2.27. The fourth-order valence-electron chi connectivity index (χ4n) is 4.22. The average Bonchev–Trinajstić information content (AvgIpc) is 2.85. The Morgan fingerprint density at radius 1 is 0.812 bits per heavy atom. The molecule has 32 heavy (non-hydrogen) atoms. The molecule has 1 aliphatic rings. The van der Waals surface area contributed by atoms with Crippen LogP contribution in [0.1, 0.15) is 18.4 Å². The number of nitrogens with one attached hydrogen (secondary N) is 1. The van der Waals surface area contributed by atoms with Crippen LogP contribution in [0.25, 0.3) is 0 Å². The number of anilines is 2. The molecule has 0 bridgehead atoms. The number of hydrogen-bond acceptors (Lipinski definition) is 3. The van der Waals surface area contributed by atoms with Crippen LogP contribution in [0.3, 0.4) is 0 Å². The van der Waals surface area contributed by atoms with E-state index >= 15 is 0 Å². The van der Waals surface area contributed by atoms with Gasteiger partial charge in [-0.1, -0.05) is 66.7 Å². The number of carbonyl (C=O) groups is 2. The van der Waals surface area contributed by atoms with E-state index in [0.717, 1.165) is 30.9 Å². The summed E-state index contributed by atoms with van der Waals surface area (Å²) in [5.41, 5.74) is 2.83. The number of benzene rings is 3. The standard InChI is InChI=1S/C27H29N3O2/c31-26(29-19-18-28-21-25(29)20-22-10-4-1-5-11-22)16-17-27(32)30(23-12-6-2-7-13-23)24-14-8-3-9-15-24/h1-15,25,28H,16-21H2. The Bertz CT molecular complexity index is 969. The number of carbonyl (C=O) groups excluding carboxylic acids is 2. The molecule has 0 aliphatic carbocycles. The van der Waals surface area contributed by atoms with E-state index in [-0.39, 0.29) is 30.7 Å². The van der Waals surface area contributed by atoms with Crippen LogP contribution in [0.5, 0.6) is 0 Å². The van der Waals surface area contributed by atoms with Crippen molar-refractivity contribution in [2.45, 2.75) is 25.3 Å². The lowest BCUT2D eigenvalue weighted by Gasteiger charge is -2.36. The van der Waals surface area contributed by atoms with Crippen molar-refractivity contribution in [1.29, 1.82) is 0 Å². The summed E-state index contributed by atoms with van der Waals surface area (Å²) in [5.74, 6) is -0.0349. The third-order valence-electron chi connectivity index (χ3n) is 5.82. The molecule has 5 nitrogen and oxygen atoms in total. The smallest absolute Gasteiger partial charge is 0.232 e. The quantitative estimate of drug-likeness (QED) is 0.616. The molecule has 1 atom stereocenters. The first-order chi connectivity index (χ1) is 15.7. The molecule has 0 saturated carbocycles. The molecular weight excluding hydrogens is 398 g/mol. The molecule has 4 rings (SSSR count). The first kappa shape index (κ1) is 21.8. The second kappa shape index (κ2) is 10.7. The summed E-state index contributed by atoms with van der Waals surface area (Å²) in [6, 6.07) is 29.5. The molecule has 0 aromatic heterocycles. The number of amides is 2. The first-order valence-corrected chi connectivity index (χ1v) is 11.2. The maximum absolute atomic E-state index is 13.2. The zero-order valence-electron chi connectivity index (χ0n) is 18.2. The highest BCUT2D eigenvalue weighted by Crippen LogP contribution is 2.26. The van der Waals surface area contributed by atoms with E-state index in [1.165, 1.54) is 5.56 Å². The van der Waals surface area contributed by atoms with Crippen molar-refractivity contribution in [3.05, 3.63) is 96.6 Å². The van der Waals surface area contributed by atoms with Gasteiger partial charge in [-0.25, -0.2) is 0 Å². The molecule has 1 heterocycles. The Kier molecular flexibility index (Phi) is 7.31. The third kappa shape index (κ3) is 5.42. The SMILES string of the molecule is O=C(CCC(=O)N1CCNCC1Cc1ccccc1)N(c1ccccc1)c1ccccc1. The lowest BCUT2D eigenvalue weighted by atomic mass is 10.0. The van der Waals surface area contributed by atoms with Crippen LogP contribution in [0.2, 0.25) is 0 Å². The molecule has 5 heteroatoms. The number of hydrogen-bond donors (Lipinski definition) is 1. The number of rotatable bonds is 7. The third-order valence-corrected chi connectivity index (χ3v) is 5.82. The topological polar surface area (TPSA) is 52.7 Å². The highest BCUT2D eigenvalue weighted by atomic mass is 16.2. The van der Waals surface area contributed by atoms with Gasteiger partial charge >= 0.3 is 0 Å². The van der Waals surface area contributed by atoms with E-state index < -0.39 is 0 Å². The molecule has 1 aliphatic heterocycles. The van der Waals surface area contributed by atoms with Crippen LogP contribution >= 0.6 is 0 Å². The fraction of sp³-hybridized carbons (Fsp3) is 0.259. The second-order valence-electron chi connectivity index (χ2n) is 8.04. The van der Waals surface area contributed by atoms with E-state index in [1.807, 2.05) is 83.8 Å². The maximum atomic E-state index is 13.2. The lowest BCUT2D eigenvalue weighted by molar-refractivity contribution is -0.135. The second-order valence-corrected chi connectivity index (χ2v) is 8.04. The van der Waals surface area contributed by atoms with Crippen molar-refractivity contribution in [2.24, 2.45) is 0 Å². The van der Waals surface area contributed by atoms with Gasteiger partial charge in [-0.05, 0) is 36.2 Å². The van der Waals surface area contributed by atoms with Crippen LogP contribution in [-0.2, 0) is 16.0 Å². The van der Waals surface area contributed by atoms with Crippen molar-refractivity contribution in [3.8, 4) is 0 Å². The minimum atomic E-state index is -0.0782. The van der Waals surface area contributed by atoms with Crippen LogP contribution in [-0.4, -0.2) is 42.4 Å². The normalized spacial score (nSPS) is 15.9. The van der Waals surface area contributed by atoms with E-state index in [2.05, 4.69) is 17.4 Å².